The molecule has 18 heavy (non-hydrogen) atoms. The van der Waals surface area contributed by atoms with Crippen LogP contribution >= 0.6 is 15.9 Å². The first-order valence-electron chi connectivity index (χ1n) is 6.49. The third-order valence-corrected chi connectivity index (χ3v) is 5.07. The van der Waals surface area contributed by atoms with Gasteiger partial charge in [-0.1, -0.05) is 22.0 Å². The minimum atomic E-state index is -0.642. The fraction of sp³-hybridized carbons (Fsp3) is 0.571. The number of nitrogens with zero attached hydrogens (tertiary/aromatic N) is 1. The van der Waals surface area contributed by atoms with Crippen LogP contribution in [0.3, 0.4) is 0 Å². The third kappa shape index (κ3) is 2.10. The third-order valence-electron chi connectivity index (χ3n) is 4.33. The van der Waals surface area contributed by atoms with Crippen molar-refractivity contribution in [3.63, 3.8) is 0 Å². The maximum absolute atomic E-state index is 13.1. The van der Waals surface area contributed by atoms with Gasteiger partial charge in [0, 0.05) is 23.5 Å². The van der Waals surface area contributed by atoms with E-state index >= 15 is 0 Å². The Balaban J connectivity index is 1.83. The summed E-state index contributed by atoms with van der Waals surface area (Å²) in [5, 5.41) is 10.9. The van der Waals surface area contributed by atoms with E-state index in [4.69, 9.17) is 0 Å². The number of rotatable bonds is 2. The predicted octanol–water partition coefficient (Wildman–Crippen LogP) is 2.73. The highest BCUT2D eigenvalue weighted by atomic mass is 79.9. The van der Waals surface area contributed by atoms with Gasteiger partial charge in [0.1, 0.15) is 5.82 Å². The van der Waals surface area contributed by atoms with Gasteiger partial charge in [-0.15, -0.1) is 0 Å². The van der Waals surface area contributed by atoms with Crippen LogP contribution in [0.15, 0.2) is 22.7 Å². The second-order valence-corrected chi connectivity index (χ2v) is 6.31. The van der Waals surface area contributed by atoms with E-state index in [1.165, 1.54) is 18.6 Å². The fourth-order valence-corrected chi connectivity index (χ4v) is 3.90. The highest BCUT2D eigenvalue weighted by molar-refractivity contribution is 9.10. The molecular weight excluding hydrogens is 297 g/mol. The standard InChI is InChI=1S/C14H17BrFNO/c15-12-8-11(16)4-3-10(12)9-14(18)5-7-17-6-1-2-13(14)17/h3-4,8,13,18H,1-2,5-7,9H2. The number of hydrogen-bond donors (Lipinski definition) is 1. The van der Waals surface area contributed by atoms with Crippen molar-refractivity contribution in [2.45, 2.75) is 37.3 Å². The van der Waals surface area contributed by atoms with Crippen molar-refractivity contribution in [3.05, 3.63) is 34.1 Å². The topological polar surface area (TPSA) is 23.5 Å². The van der Waals surface area contributed by atoms with E-state index in [2.05, 4.69) is 20.8 Å². The van der Waals surface area contributed by atoms with Crippen molar-refractivity contribution in [1.29, 1.82) is 0 Å². The Morgan fingerprint density at radius 2 is 2.28 bits per heavy atom. The van der Waals surface area contributed by atoms with Crippen LogP contribution in [0.4, 0.5) is 4.39 Å². The lowest BCUT2D eigenvalue weighted by atomic mass is 9.86. The van der Waals surface area contributed by atoms with Gasteiger partial charge in [-0.3, -0.25) is 4.90 Å². The van der Waals surface area contributed by atoms with Gasteiger partial charge in [-0.25, -0.2) is 4.39 Å². The van der Waals surface area contributed by atoms with Crippen LogP contribution in [0.2, 0.25) is 0 Å². The second kappa shape index (κ2) is 4.58. The summed E-state index contributed by atoms with van der Waals surface area (Å²) in [6.07, 6.45) is 3.68. The molecule has 0 aliphatic carbocycles. The molecule has 2 saturated heterocycles. The average Bonchev–Trinajstić information content (AvgIpc) is 2.88. The summed E-state index contributed by atoms with van der Waals surface area (Å²) < 4.78 is 13.8. The van der Waals surface area contributed by atoms with Gasteiger partial charge < -0.3 is 5.11 Å². The Kier molecular flexibility index (Phi) is 3.20. The molecule has 2 fully saturated rings. The van der Waals surface area contributed by atoms with Crippen LogP contribution in [0, 0.1) is 5.82 Å². The summed E-state index contributed by atoms with van der Waals surface area (Å²) in [6.45, 7) is 2.09. The molecule has 4 heteroatoms. The molecule has 2 aliphatic heterocycles. The molecule has 1 aromatic carbocycles. The molecule has 1 N–H and O–H groups in total. The summed E-state index contributed by atoms with van der Waals surface area (Å²) in [6, 6.07) is 4.99. The summed E-state index contributed by atoms with van der Waals surface area (Å²) >= 11 is 3.39. The number of hydrogen-bond acceptors (Lipinski definition) is 2. The largest absolute Gasteiger partial charge is 0.388 e. The Morgan fingerprint density at radius 3 is 3.06 bits per heavy atom. The molecule has 1 aromatic rings. The Hall–Kier alpha value is -0.450. The highest BCUT2D eigenvalue weighted by Gasteiger charge is 2.47. The molecule has 0 amide bonds. The van der Waals surface area contributed by atoms with E-state index in [0.717, 1.165) is 36.0 Å². The molecular formula is C14H17BrFNO. The summed E-state index contributed by atoms with van der Waals surface area (Å²) in [7, 11) is 0. The van der Waals surface area contributed by atoms with Crippen molar-refractivity contribution >= 4 is 15.9 Å². The summed E-state index contributed by atoms with van der Waals surface area (Å²) in [4.78, 5) is 2.39. The molecule has 2 heterocycles. The van der Waals surface area contributed by atoms with Crippen molar-refractivity contribution in [2.75, 3.05) is 13.1 Å². The van der Waals surface area contributed by atoms with E-state index in [1.54, 1.807) is 6.07 Å². The Bertz CT molecular complexity index is 467. The highest BCUT2D eigenvalue weighted by Crippen LogP contribution is 2.39. The van der Waals surface area contributed by atoms with Gasteiger partial charge in [0.15, 0.2) is 0 Å². The molecule has 3 rings (SSSR count). The summed E-state index contributed by atoms with van der Waals surface area (Å²) in [5.41, 5.74) is 0.351. The first-order valence-corrected chi connectivity index (χ1v) is 7.28. The lowest BCUT2D eigenvalue weighted by Crippen LogP contribution is -2.43. The molecule has 0 radical (unpaired) electrons. The van der Waals surface area contributed by atoms with Crippen LogP contribution in [-0.4, -0.2) is 34.7 Å². The van der Waals surface area contributed by atoms with Crippen molar-refractivity contribution < 1.29 is 9.50 Å². The molecule has 2 unspecified atom stereocenters. The maximum atomic E-state index is 13.1. The van der Waals surface area contributed by atoms with Gasteiger partial charge in [-0.2, -0.15) is 0 Å². The van der Waals surface area contributed by atoms with Crippen LogP contribution < -0.4 is 0 Å². The lowest BCUT2D eigenvalue weighted by Gasteiger charge is -2.30. The normalized spacial score (nSPS) is 31.8. The molecule has 0 aromatic heterocycles. The summed E-state index contributed by atoms with van der Waals surface area (Å²) in [5.74, 6) is -0.244. The van der Waals surface area contributed by atoms with E-state index in [0.29, 0.717) is 6.42 Å². The SMILES string of the molecule is OC1(Cc2ccc(F)cc2Br)CCN2CCCC21. The van der Waals surface area contributed by atoms with E-state index in [9.17, 15) is 9.50 Å². The van der Waals surface area contributed by atoms with E-state index < -0.39 is 5.60 Å². The average molecular weight is 314 g/mol. The first-order chi connectivity index (χ1) is 8.58. The molecule has 2 nitrogen and oxygen atoms in total. The van der Waals surface area contributed by atoms with Gasteiger partial charge in [0.05, 0.1) is 5.60 Å². The molecule has 2 atom stereocenters. The fourth-order valence-electron chi connectivity index (χ4n) is 3.41. The Labute approximate surface area is 115 Å². The number of aliphatic hydroxyl groups is 1. The van der Waals surface area contributed by atoms with Crippen LogP contribution in [-0.2, 0) is 6.42 Å². The minimum Gasteiger partial charge on any atom is -0.388 e. The van der Waals surface area contributed by atoms with Crippen molar-refractivity contribution in [2.24, 2.45) is 0 Å². The zero-order valence-corrected chi connectivity index (χ0v) is 11.8. The minimum absolute atomic E-state index is 0.244. The molecule has 98 valence electrons. The molecule has 0 spiro atoms. The quantitative estimate of drug-likeness (QED) is 0.907. The van der Waals surface area contributed by atoms with Crippen molar-refractivity contribution in [1.82, 2.24) is 4.90 Å². The first kappa shape index (κ1) is 12.6. The predicted molar refractivity (Wildman–Crippen MR) is 72.0 cm³/mol. The van der Waals surface area contributed by atoms with Crippen LogP contribution in [0.1, 0.15) is 24.8 Å². The van der Waals surface area contributed by atoms with E-state index in [-0.39, 0.29) is 11.9 Å². The smallest absolute Gasteiger partial charge is 0.124 e. The number of fused-ring (bicyclic) bond motifs is 1. The van der Waals surface area contributed by atoms with Gasteiger partial charge in [-0.05, 0) is 43.5 Å². The van der Waals surface area contributed by atoms with Crippen LogP contribution in [0.25, 0.3) is 0 Å². The van der Waals surface area contributed by atoms with Crippen LogP contribution in [0.5, 0.6) is 0 Å². The number of benzene rings is 1. The van der Waals surface area contributed by atoms with Gasteiger partial charge in [0.2, 0.25) is 0 Å². The van der Waals surface area contributed by atoms with Gasteiger partial charge >= 0.3 is 0 Å². The lowest BCUT2D eigenvalue weighted by molar-refractivity contribution is 0.0139. The molecule has 2 aliphatic rings. The zero-order valence-electron chi connectivity index (χ0n) is 10.2. The van der Waals surface area contributed by atoms with Gasteiger partial charge in [0.25, 0.3) is 0 Å². The maximum Gasteiger partial charge on any atom is 0.124 e. The zero-order chi connectivity index (χ0) is 12.8. The molecule has 0 bridgehead atoms. The van der Waals surface area contributed by atoms with E-state index in [1.807, 2.05) is 0 Å². The monoisotopic (exact) mass is 313 g/mol. The second-order valence-electron chi connectivity index (χ2n) is 5.46. The molecule has 0 saturated carbocycles. The van der Waals surface area contributed by atoms with Crippen molar-refractivity contribution in [3.8, 4) is 0 Å². The number of halogens is 2. The Morgan fingerprint density at radius 1 is 1.44 bits per heavy atom.